The fourth-order valence-corrected chi connectivity index (χ4v) is 2.21. The van der Waals surface area contributed by atoms with Crippen LogP contribution in [0, 0.1) is 13.8 Å². The van der Waals surface area contributed by atoms with Gasteiger partial charge in [-0.15, -0.1) is 0 Å². The SMILES string of the molecule is Cc1cccc(C)c1OCCCOc1cccc(CN)c1. The van der Waals surface area contributed by atoms with Gasteiger partial charge in [0.2, 0.25) is 0 Å². The molecule has 2 rings (SSSR count). The number of rotatable bonds is 7. The van der Waals surface area contributed by atoms with E-state index in [-0.39, 0.29) is 0 Å². The van der Waals surface area contributed by atoms with E-state index in [2.05, 4.69) is 26.0 Å². The average molecular weight is 285 g/mol. The van der Waals surface area contributed by atoms with Gasteiger partial charge in [-0.25, -0.2) is 0 Å². The van der Waals surface area contributed by atoms with E-state index in [1.54, 1.807) is 0 Å². The average Bonchev–Trinajstić information content (AvgIpc) is 2.50. The van der Waals surface area contributed by atoms with E-state index in [0.29, 0.717) is 19.8 Å². The van der Waals surface area contributed by atoms with Crippen LogP contribution in [0.3, 0.4) is 0 Å². The molecule has 0 radical (unpaired) electrons. The quantitative estimate of drug-likeness (QED) is 0.790. The smallest absolute Gasteiger partial charge is 0.125 e. The molecule has 0 aromatic heterocycles. The van der Waals surface area contributed by atoms with Crippen molar-refractivity contribution in [1.29, 1.82) is 0 Å². The minimum absolute atomic E-state index is 0.535. The number of aryl methyl sites for hydroxylation is 2. The van der Waals surface area contributed by atoms with Gasteiger partial charge in [0.05, 0.1) is 13.2 Å². The summed E-state index contributed by atoms with van der Waals surface area (Å²) in [6.07, 6.45) is 0.848. The zero-order chi connectivity index (χ0) is 15.1. The third kappa shape index (κ3) is 4.50. The van der Waals surface area contributed by atoms with Crippen molar-refractivity contribution in [3.8, 4) is 11.5 Å². The van der Waals surface area contributed by atoms with E-state index >= 15 is 0 Å². The van der Waals surface area contributed by atoms with Gasteiger partial charge in [0.25, 0.3) is 0 Å². The lowest BCUT2D eigenvalue weighted by Crippen LogP contribution is -2.06. The first-order valence-electron chi connectivity index (χ1n) is 7.31. The Bertz CT molecular complexity index is 561. The number of nitrogens with two attached hydrogens (primary N) is 1. The van der Waals surface area contributed by atoms with Crippen molar-refractivity contribution in [2.45, 2.75) is 26.8 Å². The van der Waals surface area contributed by atoms with Crippen LogP contribution in [0.5, 0.6) is 11.5 Å². The maximum atomic E-state index is 5.85. The fourth-order valence-electron chi connectivity index (χ4n) is 2.21. The second-order valence-corrected chi connectivity index (χ2v) is 5.12. The highest BCUT2D eigenvalue weighted by Gasteiger charge is 2.02. The third-order valence-corrected chi connectivity index (χ3v) is 3.35. The molecule has 21 heavy (non-hydrogen) atoms. The normalized spacial score (nSPS) is 10.4. The molecule has 0 spiro atoms. The van der Waals surface area contributed by atoms with Crippen LogP contribution in [-0.2, 0) is 6.54 Å². The van der Waals surface area contributed by atoms with E-state index < -0.39 is 0 Å². The highest BCUT2D eigenvalue weighted by molar-refractivity contribution is 5.39. The highest BCUT2D eigenvalue weighted by atomic mass is 16.5. The molecule has 0 aliphatic carbocycles. The van der Waals surface area contributed by atoms with Gasteiger partial charge in [-0.2, -0.15) is 0 Å². The Morgan fingerprint density at radius 1 is 0.905 bits per heavy atom. The van der Waals surface area contributed by atoms with Crippen molar-refractivity contribution in [2.24, 2.45) is 5.73 Å². The molecule has 0 atom stereocenters. The summed E-state index contributed by atoms with van der Waals surface area (Å²) in [4.78, 5) is 0. The molecule has 0 unspecified atom stereocenters. The Hall–Kier alpha value is -2.00. The second-order valence-electron chi connectivity index (χ2n) is 5.12. The molecule has 0 heterocycles. The molecule has 0 bridgehead atoms. The van der Waals surface area contributed by atoms with Crippen molar-refractivity contribution in [2.75, 3.05) is 13.2 Å². The Morgan fingerprint density at radius 2 is 1.57 bits per heavy atom. The Kier molecular flexibility index (Phi) is 5.64. The Balaban J connectivity index is 1.75. The number of para-hydroxylation sites is 1. The molecule has 2 aromatic carbocycles. The molecule has 0 fully saturated rings. The van der Waals surface area contributed by atoms with Gasteiger partial charge < -0.3 is 15.2 Å². The van der Waals surface area contributed by atoms with Crippen LogP contribution in [-0.4, -0.2) is 13.2 Å². The first kappa shape index (κ1) is 15.4. The summed E-state index contributed by atoms with van der Waals surface area (Å²) in [6.45, 7) is 5.96. The van der Waals surface area contributed by atoms with E-state index in [0.717, 1.165) is 23.5 Å². The summed E-state index contributed by atoms with van der Waals surface area (Å²) in [5, 5.41) is 0. The molecule has 0 aliphatic heterocycles. The van der Waals surface area contributed by atoms with Crippen LogP contribution < -0.4 is 15.2 Å². The number of hydrogen-bond donors (Lipinski definition) is 1. The van der Waals surface area contributed by atoms with Crippen LogP contribution in [0.25, 0.3) is 0 Å². The van der Waals surface area contributed by atoms with E-state index in [9.17, 15) is 0 Å². The van der Waals surface area contributed by atoms with Gasteiger partial charge in [-0.3, -0.25) is 0 Å². The van der Waals surface area contributed by atoms with Crippen LogP contribution in [0.15, 0.2) is 42.5 Å². The summed E-state index contributed by atoms with van der Waals surface area (Å²) >= 11 is 0. The minimum Gasteiger partial charge on any atom is -0.493 e. The lowest BCUT2D eigenvalue weighted by atomic mass is 10.1. The van der Waals surface area contributed by atoms with Gasteiger partial charge in [-0.1, -0.05) is 30.3 Å². The molecule has 3 nitrogen and oxygen atoms in total. The summed E-state index contributed by atoms with van der Waals surface area (Å²) in [6, 6.07) is 14.1. The molecule has 0 saturated heterocycles. The Morgan fingerprint density at radius 3 is 2.29 bits per heavy atom. The zero-order valence-corrected chi connectivity index (χ0v) is 12.8. The summed E-state index contributed by atoms with van der Waals surface area (Å²) in [5.41, 5.74) is 9.04. The van der Waals surface area contributed by atoms with Gasteiger partial charge in [0.1, 0.15) is 11.5 Å². The maximum absolute atomic E-state index is 5.85. The topological polar surface area (TPSA) is 44.5 Å². The number of benzene rings is 2. The van der Waals surface area contributed by atoms with Crippen molar-refractivity contribution in [3.63, 3.8) is 0 Å². The first-order chi connectivity index (χ1) is 10.2. The summed E-state index contributed by atoms with van der Waals surface area (Å²) in [5.74, 6) is 1.85. The summed E-state index contributed by atoms with van der Waals surface area (Å²) in [7, 11) is 0. The van der Waals surface area contributed by atoms with Gasteiger partial charge in [-0.05, 0) is 42.7 Å². The van der Waals surface area contributed by atoms with Crippen molar-refractivity contribution in [1.82, 2.24) is 0 Å². The Labute approximate surface area is 126 Å². The molecule has 112 valence electrons. The minimum atomic E-state index is 0.535. The second kappa shape index (κ2) is 7.70. The summed E-state index contributed by atoms with van der Waals surface area (Å²) < 4.78 is 11.6. The predicted molar refractivity (Wildman–Crippen MR) is 85.9 cm³/mol. The van der Waals surface area contributed by atoms with E-state index in [1.807, 2.05) is 30.3 Å². The monoisotopic (exact) mass is 285 g/mol. The third-order valence-electron chi connectivity index (χ3n) is 3.35. The molecule has 0 aliphatic rings. The molecule has 0 amide bonds. The molecular weight excluding hydrogens is 262 g/mol. The van der Waals surface area contributed by atoms with Gasteiger partial charge in [0.15, 0.2) is 0 Å². The van der Waals surface area contributed by atoms with Gasteiger partial charge >= 0.3 is 0 Å². The molecule has 0 saturated carbocycles. The molecule has 2 aromatic rings. The zero-order valence-electron chi connectivity index (χ0n) is 12.8. The van der Waals surface area contributed by atoms with Crippen LogP contribution in [0.2, 0.25) is 0 Å². The van der Waals surface area contributed by atoms with E-state index in [1.165, 1.54) is 11.1 Å². The van der Waals surface area contributed by atoms with Crippen LogP contribution in [0.1, 0.15) is 23.1 Å². The van der Waals surface area contributed by atoms with Gasteiger partial charge in [0, 0.05) is 13.0 Å². The van der Waals surface area contributed by atoms with Crippen molar-refractivity contribution >= 4 is 0 Å². The highest BCUT2D eigenvalue weighted by Crippen LogP contribution is 2.22. The van der Waals surface area contributed by atoms with Crippen molar-refractivity contribution < 1.29 is 9.47 Å². The standard InChI is InChI=1S/C18H23NO2/c1-14-6-3-7-15(2)18(14)21-11-5-10-20-17-9-4-8-16(12-17)13-19/h3-4,6-9,12H,5,10-11,13,19H2,1-2H3. The largest absolute Gasteiger partial charge is 0.493 e. The first-order valence-corrected chi connectivity index (χ1v) is 7.31. The molecule has 2 N–H and O–H groups in total. The maximum Gasteiger partial charge on any atom is 0.125 e. The molecule has 3 heteroatoms. The lowest BCUT2D eigenvalue weighted by Gasteiger charge is -2.12. The van der Waals surface area contributed by atoms with Crippen LogP contribution >= 0.6 is 0 Å². The molecular formula is C18H23NO2. The lowest BCUT2D eigenvalue weighted by molar-refractivity contribution is 0.245. The van der Waals surface area contributed by atoms with E-state index in [4.69, 9.17) is 15.2 Å². The predicted octanol–water partition coefficient (Wildman–Crippen LogP) is 3.61. The van der Waals surface area contributed by atoms with Crippen molar-refractivity contribution in [3.05, 3.63) is 59.2 Å². The number of hydrogen-bond acceptors (Lipinski definition) is 3. The number of ether oxygens (including phenoxy) is 2. The fraction of sp³-hybridized carbons (Fsp3) is 0.333. The van der Waals surface area contributed by atoms with Crippen LogP contribution in [0.4, 0.5) is 0 Å².